The highest BCUT2D eigenvalue weighted by Gasteiger charge is 2.35. The molecule has 1 aromatic heterocycles. The summed E-state index contributed by atoms with van der Waals surface area (Å²) in [4.78, 5) is 27.4. The van der Waals surface area contributed by atoms with Crippen molar-refractivity contribution in [2.24, 2.45) is 0 Å². The fourth-order valence-electron chi connectivity index (χ4n) is 2.12. The Hall–Kier alpha value is -1.79. The maximum absolute atomic E-state index is 11.8. The van der Waals surface area contributed by atoms with E-state index in [-0.39, 0.29) is 13.0 Å². The number of hydrogen-bond donors (Lipinski definition) is 1. The second-order valence-electron chi connectivity index (χ2n) is 4.71. The molecule has 1 N–H and O–H groups in total. The molecule has 1 rings (SSSR count). The van der Waals surface area contributed by atoms with Gasteiger partial charge in [0.05, 0.1) is 6.54 Å². The summed E-state index contributed by atoms with van der Waals surface area (Å²) >= 11 is 0. The standard InChI is InChI=1S/C16H24N2O4/c1-4-7-14(19)15(20)18-12-16(21-5-2,22-6-3)13-8-10-17-11-9-13/h8-11H,4-7,12H2,1-3H3,(H,18,20). The third-order valence-corrected chi connectivity index (χ3v) is 3.09. The Morgan fingerprint density at radius 3 is 2.23 bits per heavy atom. The molecule has 0 atom stereocenters. The van der Waals surface area contributed by atoms with Gasteiger partial charge in [0.15, 0.2) is 0 Å². The van der Waals surface area contributed by atoms with Crippen molar-refractivity contribution in [1.29, 1.82) is 0 Å². The van der Waals surface area contributed by atoms with Crippen LogP contribution in [0.1, 0.15) is 39.2 Å². The molecule has 0 spiro atoms. The Morgan fingerprint density at radius 1 is 1.14 bits per heavy atom. The molecule has 0 aliphatic carbocycles. The van der Waals surface area contributed by atoms with Crippen LogP contribution in [0.4, 0.5) is 0 Å². The largest absolute Gasteiger partial charge is 0.345 e. The van der Waals surface area contributed by atoms with Crippen molar-refractivity contribution in [3.8, 4) is 0 Å². The van der Waals surface area contributed by atoms with E-state index in [1.165, 1.54) is 0 Å². The topological polar surface area (TPSA) is 77.5 Å². The summed E-state index contributed by atoms with van der Waals surface area (Å²) < 4.78 is 11.5. The van der Waals surface area contributed by atoms with E-state index in [0.29, 0.717) is 19.6 Å². The molecule has 0 aromatic carbocycles. The molecular weight excluding hydrogens is 284 g/mol. The number of pyridine rings is 1. The van der Waals surface area contributed by atoms with E-state index in [0.717, 1.165) is 5.56 Å². The zero-order valence-corrected chi connectivity index (χ0v) is 13.4. The van der Waals surface area contributed by atoms with E-state index in [2.05, 4.69) is 10.3 Å². The van der Waals surface area contributed by atoms with Crippen molar-refractivity contribution in [2.75, 3.05) is 19.8 Å². The maximum atomic E-state index is 11.8. The van der Waals surface area contributed by atoms with E-state index in [4.69, 9.17) is 9.47 Å². The second-order valence-corrected chi connectivity index (χ2v) is 4.71. The SMILES string of the molecule is CCCC(=O)C(=O)NCC(OCC)(OCC)c1ccncc1. The zero-order valence-electron chi connectivity index (χ0n) is 13.4. The summed E-state index contributed by atoms with van der Waals surface area (Å²) in [6.07, 6.45) is 4.13. The van der Waals surface area contributed by atoms with E-state index in [1.807, 2.05) is 20.8 Å². The predicted octanol–water partition coefficient (Wildman–Crippen LogP) is 1.79. The molecule has 0 aliphatic rings. The van der Waals surface area contributed by atoms with Gasteiger partial charge in [0, 0.05) is 37.6 Å². The fourth-order valence-corrected chi connectivity index (χ4v) is 2.12. The fraction of sp³-hybridized carbons (Fsp3) is 0.562. The molecule has 0 fully saturated rings. The lowest BCUT2D eigenvalue weighted by Crippen LogP contribution is -2.46. The molecule has 0 saturated heterocycles. The van der Waals surface area contributed by atoms with Gasteiger partial charge in [-0.1, -0.05) is 6.92 Å². The molecule has 0 saturated carbocycles. The molecule has 0 aliphatic heterocycles. The first-order valence-electron chi connectivity index (χ1n) is 7.59. The first-order chi connectivity index (χ1) is 10.6. The van der Waals surface area contributed by atoms with Gasteiger partial charge in [-0.2, -0.15) is 0 Å². The number of carbonyl (C=O) groups is 2. The number of amides is 1. The minimum Gasteiger partial charge on any atom is -0.345 e. The summed E-state index contributed by atoms with van der Waals surface area (Å²) in [5.41, 5.74) is 0.745. The minimum absolute atomic E-state index is 0.0625. The molecular formula is C16H24N2O4. The molecule has 6 heteroatoms. The Balaban J connectivity index is 2.91. The number of nitrogens with one attached hydrogen (secondary N) is 1. The second kappa shape index (κ2) is 9.27. The van der Waals surface area contributed by atoms with Crippen LogP contribution in [0.2, 0.25) is 0 Å². The van der Waals surface area contributed by atoms with Gasteiger partial charge < -0.3 is 14.8 Å². The van der Waals surface area contributed by atoms with Gasteiger partial charge in [-0.05, 0) is 32.4 Å². The molecule has 1 amide bonds. The average Bonchev–Trinajstić information content (AvgIpc) is 2.53. The highest BCUT2D eigenvalue weighted by molar-refractivity contribution is 6.36. The number of ether oxygens (including phenoxy) is 2. The van der Waals surface area contributed by atoms with Crippen LogP contribution in [0.3, 0.4) is 0 Å². The van der Waals surface area contributed by atoms with Gasteiger partial charge in [-0.3, -0.25) is 14.6 Å². The van der Waals surface area contributed by atoms with Crippen molar-refractivity contribution in [3.63, 3.8) is 0 Å². The summed E-state index contributed by atoms with van der Waals surface area (Å²) in [7, 11) is 0. The molecule has 0 unspecified atom stereocenters. The average molecular weight is 308 g/mol. The van der Waals surface area contributed by atoms with E-state index >= 15 is 0 Å². The van der Waals surface area contributed by atoms with Gasteiger partial charge in [0.25, 0.3) is 5.91 Å². The van der Waals surface area contributed by atoms with Crippen LogP contribution in [0.15, 0.2) is 24.5 Å². The summed E-state index contributed by atoms with van der Waals surface area (Å²) in [5.74, 6) is -2.16. The number of ketones is 1. The predicted molar refractivity (Wildman–Crippen MR) is 82.1 cm³/mol. The third kappa shape index (κ3) is 4.89. The van der Waals surface area contributed by atoms with Crippen molar-refractivity contribution in [2.45, 2.75) is 39.4 Å². The van der Waals surface area contributed by atoms with Crippen LogP contribution in [-0.4, -0.2) is 36.4 Å². The highest BCUT2D eigenvalue weighted by Crippen LogP contribution is 2.26. The van der Waals surface area contributed by atoms with Gasteiger partial charge in [-0.25, -0.2) is 0 Å². The number of aromatic nitrogens is 1. The van der Waals surface area contributed by atoms with Crippen molar-refractivity contribution < 1.29 is 19.1 Å². The van der Waals surface area contributed by atoms with Crippen LogP contribution < -0.4 is 5.32 Å². The molecule has 6 nitrogen and oxygen atoms in total. The first-order valence-corrected chi connectivity index (χ1v) is 7.59. The number of carbonyl (C=O) groups excluding carboxylic acids is 2. The zero-order chi connectivity index (χ0) is 16.4. The summed E-state index contributed by atoms with van der Waals surface area (Å²) in [5, 5.41) is 2.62. The summed E-state index contributed by atoms with van der Waals surface area (Å²) in [6.45, 7) is 6.42. The Bertz CT molecular complexity index is 470. The number of rotatable bonds is 10. The molecule has 1 heterocycles. The number of nitrogens with zero attached hydrogens (tertiary/aromatic N) is 1. The Morgan fingerprint density at radius 2 is 1.73 bits per heavy atom. The minimum atomic E-state index is -1.12. The normalized spacial score (nSPS) is 11.2. The Labute approximate surface area is 131 Å². The lowest BCUT2D eigenvalue weighted by Gasteiger charge is -2.33. The van der Waals surface area contributed by atoms with Crippen LogP contribution in [-0.2, 0) is 24.8 Å². The molecule has 0 bridgehead atoms. The number of hydrogen-bond acceptors (Lipinski definition) is 5. The quantitative estimate of drug-likeness (QED) is 0.527. The van der Waals surface area contributed by atoms with Crippen LogP contribution in [0.5, 0.6) is 0 Å². The van der Waals surface area contributed by atoms with E-state index in [9.17, 15) is 9.59 Å². The smallest absolute Gasteiger partial charge is 0.287 e. The van der Waals surface area contributed by atoms with Crippen LogP contribution >= 0.6 is 0 Å². The van der Waals surface area contributed by atoms with Gasteiger partial charge >= 0.3 is 0 Å². The van der Waals surface area contributed by atoms with Crippen molar-refractivity contribution in [1.82, 2.24) is 10.3 Å². The van der Waals surface area contributed by atoms with Gasteiger partial charge in [0.2, 0.25) is 11.6 Å². The summed E-state index contributed by atoms with van der Waals surface area (Å²) in [6, 6.07) is 3.54. The lowest BCUT2D eigenvalue weighted by atomic mass is 10.1. The number of Topliss-reactive ketones (excluding diaryl/α,β-unsaturated/α-hetero) is 1. The highest BCUT2D eigenvalue weighted by atomic mass is 16.7. The molecule has 1 aromatic rings. The monoisotopic (exact) mass is 308 g/mol. The molecule has 22 heavy (non-hydrogen) atoms. The first kappa shape index (κ1) is 18.3. The molecule has 0 radical (unpaired) electrons. The van der Waals surface area contributed by atoms with Gasteiger partial charge in [0.1, 0.15) is 0 Å². The van der Waals surface area contributed by atoms with E-state index in [1.54, 1.807) is 24.5 Å². The van der Waals surface area contributed by atoms with Gasteiger partial charge in [-0.15, -0.1) is 0 Å². The lowest BCUT2D eigenvalue weighted by molar-refractivity contribution is -0.238. The van der Waals surface area contributed by atoms with E-state index < -0.39 is 17.5 Å². The van der Waals surface area contributed by atoms with Crippen molar-refractivity contribution in [3.05, 3.63) is 30.1 Å². The molecule has 122 valence electrons. The Kier molecular flexibility index (Phi) is 7.70. The van der Waals surface area contributed by atoms with Crippen LogP contribution in [0, 0.1) is 0 Å². The maximum Gasteiger partial charge on any atom is 0.287 e. The van der Waals surface area contributed by atoms with Crippen molar-refractivity contribution >= 4 is 11.7 Å². The third-order valence-electron chi connectivity index (χ3n) is 3.09. The van der Waals surface area contributed by atoms with Crippen LogP contribution in [0.25, 0.3) is 0 Å².